The van der Waals surface area contributed by atoms with Crippen molar-refractivity contribution in [2.24, 2.45) is 0 Å². The Morgan fingerprint density at radius 3 is 2.90 bits per heavy atom. The lowest BCUT2D eigenvalue weighted by atomic mass is 10.2. The number of methoxy groups -OCH3 is 1. The molecule has 0 amide bonds. The first kappa shape index (κ1) is 14.5. The molecule has 0 atom stereocenters. The number of imidazole rings is 1. The van der Waals surface area contributed by atoms with Crippen LogP contribution in [0.1, 0.15) is 11.3 Å². The summed E-state index contributed by atoms with van der Waals surface area (Å²) in [6, 6.07) is 3.68. The van der Waals surface area contributed by atoms with Gasteiger partial charge in [0.15, 0.2) is 4.96 Å². The number of benzene rings is 1. The number of nitrogens with one attached hydrogen (secondary N) is 1. The van der Waals surface area contributed by atoms with Crippen LogP contribution in [0.2, 0.25) is 10.0 Å². The third-order valence-electron chi connectivity index (χ3n) is 3.21. The van der Waals surface area contributed by atoms with Crippen LogP contribution in [0.25, 0.3) is 4.96 Å². The first-order valence-electron chi connectivity index (χ1n) is 6.28. The fourth-order valence-corrected chi connectivity index (χ4v) is 3.27. The molecule has 21 heavy (non-hydrogen) atoms. The van der Waals surface area contributed by atoms with Crippen molar-refractivity contribution < 1.29 is 4.74 Å². The maximum atomic E-state index is 6.24. The molecule has 0 saturated heterocycles. The maximum Gasteiger partial charge on any atom is 0.238 e. The van der Waals surface area contributed by atoms with Crippen molar-refractivity contribution in [1.82, 2.24) is 9.38 Å². The highest BCUT2D eigenvalue weighted by atomic mass is 35.5. The predicted octanol–water partition coefficient (Wildman–Crippen LogP) is 4.63. The fraction of sp³-hybridized carbons (Fsp3) is 0.214. The number of fused-ring (bicyclic) bond motifs is 1. The second-order valence-electron chi connectivity index (χ2n) is 4.56. The molecule has 0 fully saturated rings. The van der Waals surface area contributed by atoms with E-state index in [9.17, 15) is 0 Å². The van der Waals surface area contributed by atoms with Gasteiger partial charge in [-0.3, -0.25) is 4.40 Å². The van der Waals surface area contributed by atoms with Crippen molar-refractivity contribution in [3.8, 4) is 5.88 Å². The van der Waals surface area contributed by atoms with Gasteiger partial charge in [0.25, 0.3) is 0 Å². The number of rotatable bonds is 4. The summed E-state index contributed by atoms with van der Waals surface area (Å²) in [7, 11) is 1.62. The van der Waals surface area contributed by atoms with Crippen molar-refractivity contribution in [2.45, 2.75) is 13.5 Å². The Morgan fingerprint density at radius 1 is 1.33 bits per heavy atom. The molecule has 2 heterocycles. The summed E-state index contributed by atoms with van der Waals surface area (Å²) >= 11 is 13.9. The van der Waals surface area contributed by atoms with Crippen LogP contribution in [0, 0.1) is 6.92 Å². The van der Waals surface area contributed by atoms with Crippen LogP contribution in [0.3, 0.4) is 0 Å². The molecule has 3 rings (SSSR count). The Morgan fingerprint density at radius 2 is 2.14 bits per heavy atom. The number of aromatic nitrogens is 2. The number of halogens is 2. The molecule has 7 heteroatoms. The minimum absolute atomic E-state index is 0.542. The summed E-state index contributed by atoms with van der Waals surface area (Å²) in [5.74, 6) is 0.615. The van der Waals surface area contributed by atoms with Crippen LogP contribution in [0.4, 0.5) is 5.69 Å². The molecule has 3 aromatic rings. The standard InChI is InChI=1S/C14H13Cl2N3OS/c1-8-5-10(16)11(6-9(8)15)17-7-12-13(20-2)18-14-19(12)3-4-21-14/h3-6,17H,7H2,1-2H3. The summed E-state index contributed by atoms with van der Waals surface area (Å²) in [6.45, 7) is 2.47. The van der Waals surface area contributed by atoms with Gasteiger partial charge in [0.05, 0.1) is 24.4 Å². The monoisotopic (exact) mass is 341 g/mol. The lowest BCUT2D eigenvalue weighted by Crippen LogP contribution is -2.04. The van der Waals surface area contributed by atoms with Crippen molar-refractivity contribution in [3.05, 3.63) is 45.0 Å². The van der Waals surface area contributed by atoms with E-state index in [1.165, 1.54) is 0 Å². The Bertz CT molecular complexity index is 797. The summed E-state index contributed by atoms with van der Waals surface area (Å²) in [5.41, 5.74) is 2.69. The fourth-order valence-electron chi connectivity index (χ4n) is 2.10. The van der Waals surface area contributed by atoms with Crippen LogP contribution in [0.5, 0.6) is 5.88 Å². The van der Waals surface area contributed by atoms with E-state index in [4.69, 9.17) is 27.9 Å². The summed E-state index contributed by atoms with van der Waals surface area (Å²) < 4.78 is 7.33. The van der Waals surface area contributed by atoms with Crippen LogP contribution in [-0.4, -0.2) is 16.5 Å². The number of hydrogen-bond donors (Lipinski definition) is 1. The Balaban J connectivity index is 1.89. The van der Waals surface area contributed by atoms with Gasteiger partial charge < -0.3 is 10.1 Å². The predicted molar refractivity (Wildman–Crippen MR) is 88.1 cm³/mol. The number of anilines is 1. The third-order valence-corrected chi connectivity index (χ3v) is 4.69. The van der Waals surface area contributed by atoms with Crippen molar-refractivity contribution in [1.29, 1.82) is 0 Å². The van der Waals surface area contributed by atoms with Gasteiger partial charge in [0, 0.05) is 16.6 Å². The third kappa shape index (κ3) is 2.69. The molecule has 0 aliphatic rings. The topological polar surface area (TPSA) is 38.6 Å². The Hall–Kier alpha value is -1.43. The van der Waals surface area contributed by atoms with Gasteiger partial charge in [-0.25, -0.2) is 0 Å². The SMILES string of the molecule is COc1nc2sccn2c1CNc1cc(Cl)c(C)cc1Cl. The van der Waals surface area contributed by atoms with Crippen LogP contribution in [0.15, 0.2) is 23.7 Å². The van der Waals surface area contributed by atoms with Gasteiger partial charge in [-0.05, 0) is 24.6 Å². The van der Waals surface area contributed by atoms with E-state index in [-0.39, 0.29) is 0 Å². The lowest BCUT2D eigenvalue weighted by molar-refractivity contribution is 0.395. The molecule has 0 aliphatic carbocycles. The molecule has 0 unspecified atom stereocenters. The van der Waals surface area contributed by atoms with E-state index >= 15 is 0 Å². The minimum atomic E-state index is 0.542. The average Bonchev–Trinajstić information content (AvgIpc) is 3.02. The first-order valence-corrected chi connectivity index (χ1v) is 7.91. The van der Waals surface area contributed by atoms with Gasteiger partial charge in [0.2, 0.25) is 5.88 Å². The zero-order valence-corrected chi connectivity index (χ0v) is 13.8. The number of aryl methyl sites for hydroxylation is 1. The van der Waals surface area contributed by atoms with Crippen molar-refractivity contribution >= 4 is 45.2 Å². The van der Waals surface area contributed by atoms with E-state index in [0.29, 0.717) is 22.5 Å². The van der Waals surface area contributed by atoms with E-state index in [0.717, 1.165) is 21.9 Å². The second-order valence-corrected chi connectivity index (χ2v) is 6.25. The van der Waals surface area contributed by atoms with Crippen LogP contribution in [-0.2, 0) is 6.54 Å². The van der Waals surface area contributed by atoms with E-state index < -0.39 is 0 Å². The van der Waals surface area contributed by atoms with Crippen molar-refractivity contribution in [3.63, 3.8) is 0 Å². The quantitative estimate of drug-likeness (QED) is 0.751. The smallest absolute Gasteiger partial charge is 0.238 e. The second kappa shape index (κ2) is 5.75. The molecule has 1 aromatic carbocycles. The highest BCUT2D eigenvalue weighted by Crippen LogP contribution is 2.30. The minimum Gasteiger partial charge on any atom is -0.480 e. The van der Waals surface area contributed by atoms with Gasteiger partial charge in [-0.15, -0.1) is 11.3 Å². The van der Waals surface area contributed by atoms with Gasteiger partial charge in [-0.1, -0.05) is 23.2 Å². The molecule has 0 radical (unpaired) electrons. The average molecular weight is 342 g/mol. The normalized spacial score (nSPS) is 11.0. The van der Waals surface area contributed by atoms with E-state index in [1.807, 2.05) is 35.0 Å². The molecule has 0 bridgehead atoms. The van der Waals surface area contributed by atoms with Crippen LogP contribution >= 0.6 is 34.5 Å². The maximum absolute atomic E-state index is 6.24. The molecule has 2 aromatic heterocycles. The highest BCUT2D eigenvalue weighted by Gasteiger charge is 2.14. The zero-order chi connectivity index (χ0) is 15.0. The number of thiazole rings is 1. The van der Waals surface area contributed by atoms with E-state index in [1.54, 1.807) is 18.4 Å². The van der Waals surface area contributed by atoms with Gasteiger partial charge >= 0.3 is 0 Å². The highest BCUT2D eigenvalue weighted by molar-refractivity contribution is 7.15. The molecule has 0 spiro atoms. The molecular weight excluding hydrogens is 329 g/mol. The Kier molecular flexibility index (Phi) is 3.97. The van der Waals surface area contributed by atoms with E-state index in [2.05, 4.69) is 10.3 Å². The first-order chi connectivity index (χ1) is 10.1. The molecule has 1 N–H and O–H groups in total. The number of ether oxygens (including phenoxy) is 1. The summed E-state index contributed by atoms with van der Waals surface area (Å²) in [4.78, 5) is 5.32. The number of nitrogens with zero attached hydrogens (tertiary/aromatic N) is 2. The van der Waals surface area contributed by atoms with Gasteiger partial charge in [-0.2, -0.15) is 4.98 Å². The van der Waals surface area contributed by atoms with Crippen LogP contribution < -0.4 is 10.1 Å². The lowest BCUT2D eigenvalue weighted by Gasteiger charge is -2.10. The van der Waals surface area contributed by atoms with Gasteiger partial charge in [0.1, 0.15) is 5.69 Å². The molecule has 110 valence electrons. The zero-order valence-electron chi connectivity index (χ0n) is 11.5. The molecular formula is C14H13Cl2N3OS. The largest absolute Gasteiger partial charge is 0.480 e. The molecule has 0 saturated carbocycles. The summed E-state index contributed by atoms with van der Waals surface area (Å²) in [5, 5.41) is 6.60. The number of hydrogen-bond acceptors (Lipinski definition) is 4. The molecule has 4 nitrogen and oxygen atoms in total. The Labute approximate surface area is 136 Å². The van der Waals surface area contributed by atoms with Crippen molar-refractivity contribution in [2.75, 3.05) is 12.4 Å². The molecule has 0 aliphatic heterocycles. The summed E-state index contributed by atoms with van der Waals surface area (Å²) in [6.07, 6.45) is 1.97.